The summed E-state index contributed by atoms with van der Waals surface area (Å²) in [7, 11) is 0. The van der Waals surface area contributed by atoms with Gasteiger partial charge in [-0.25, -0.2) is 13.2 Å². The van der Waals surface area contributed by atoms with Crippen molar-refractivity contribution in [1.29, 1.82) is 0 Å². The highest BCUT2D eigenvalue weighted by Crippen LogP contribution is 2.19. The molecule has 25 heavy (non-hydrogen) atoms. The number of halogens is 3. The van der Waals surface area contributed by atoms with Gasteiger partial charge in [0.25, 0.3) is 5.91 Å². The number of nitrogens with one attached hydrogen (secondary N) is 1. The summed E-state index contributed by atoms with van der Waals surface area (Å²) in [6, 6.07) is 9.02. The molecule has 0 fully saturated rings. The fourth-order valence-electron chi connectivity index (χ4n) is 2.25. The maximum absolute atomic E-state index is 13.3. The van der Waals surface area contributed by atoms with Crippen molar-refractivity contribution in [3.63, 3.8) is 0 Å². The summed E-state index contributed by atoms with van der Waals surface area (Å²) in [5.74, 6) is -5.95. The number of rotatable bonds is 6. The summed E-state index contributed by atoms with van der Waals surface area (Å²) >= 11 is 0. The van der Waals surface area contributed by atoms with Crippen molar-refractivity contribution in [2.24, 2.45) is 0 Å². The smallest absolute Gasteiger partial charge is 0.308 e. The molecule has 0 radical (unpaired) electrons. The molecule has 4 nitrogen and oxygen atoms in total. The van der Waals surface area contributed by atoms with E-state index in [0.29, 0.717) is 17.7 Å². The molecule has 0 aliphatic rings. The molecular weight excluding hydrogens is 335 g/mol. The van der Waals surface area contributed by atoms with E-state index in [2.05, 4.69) is 5.32 Å². The Morgan fingerprint density at radius 1 is 1.08 bits per heavy atom. The van der Waals surface area contributed by atoms with Crippen LogP contribution in [0.25, 0.3) is 0 Å². The van der Waals surface area contributed by atoms with Gasteiger partial charge < -0.3 is 10.1 Å². The Labute approximate surface area is 142 Å². The first-order valence-electron chi connectivity index (χ1n) is 7.58. The molecule has 0 heterocycles. The second-order valence-corrected chi connectivity index (χ2v) is 5.20. The normalized spacial score (nSPS) is 11.7. The Morgan fingerprint density at radius 3 is 2.24 bits per heavy atom. The predicted octanol–water partition coefficient (Wildman–Crippen LogP) is 3.53. The van der Waals surface area contributed by atoms with Crippen LogP contribution in [0.2, 0.25) is 0 Å². The lowest BCUT2D eigenvalue weighted by atomic mass is 10.0. The van der Waals surface area contributed by atoms with Crippen molar-refractivity contribution in [2.45, 2.75) is 19.4 Å². The first-order chi connectivity index (χ1) is 11.9. The molecule has 132 valence electrons. The van der Waals surface area contributed by atoms with E-state index in [1.165, 1.54) is 0 Å². The fraction of sp³-hybridized carbons (Fsp3) is 0.222. The third-order valence-corrected chi connectivity index (χ3v) is 3.43. The van der Waals surface area contributed by atoms with Gasteiger partial charge in [0.1, 0.15) is 0 Å². The first kappa shape index (κ1) is 18.5. The zero-order chi connectivity index (χ0) is 18.4. The molecule has 2 aromatic rings. The maximum atomic E-state index is 13.3. The minimum Gasteiger partial charge on any atom is -0.466 e. The van der Waals surface area contributed by atoms with Crippen LogP contribution in [0.5, 0.6) is 0 Å². The average molecular weight is 351 g/mol. The number of carbonyl (C=O) groups excluding carboxylic acids is 2. The number of carbonyl (C=O) groups is 2. The van der Waals surface area contributed by atoms with Gasteiger partial charge in [0, 0.05) is 5.56 Å². The Kier molecular flexibility index (Phi) is 6.16. The summed E-state index contributed by atoms with van der Waals surface area (Å²) in [5.41, 5.74) is 0.230. The van der Waals surface area contributed by atoms with Crippen molar-refractivity contribution in [2.75, 3.05) is 6.61 Å². The van der Waals surface area contributed by atoms with Crippen LogP contribution in [0, 0.1) is 17.5 Å². The van der Waals surface area contributed by atoms with Crippen molar-refractivity contribution in [1.82, 2.24) is 5.32 Å². The van der Waals surface area contributed by atoms with E-state index in [4.69, 9.17) is 4.74 Å². The molecule has 1 N–H and O–H groups in total. The van der Waals surface area contributed by atoms with Crippen LogP contribution in [0.15, 0.2) is 42.5 Å². The number of hydrogen-bond donors (Lipinski definition) is 1. The standard InChI is InChI=1S/C18H16F3NO3/c1-2-25-16(23)10-15(11-6-4-3-5-7-11)22-18(24)12-8-13(19)17(21)14(20)9-12/h3-9,15H,2,10H2,1H3,(H,22,24). The van der Waals surface area contributed by atoms with Gasteiger partial charge in [-0.3, -0.25) is 9.59 Å². The van der Waals surface area contributed by atoms with Crippen molar-refractivity contribution in [3.05, 3.63) is 71.0 Å². The second kappa shape index (κ2) is 8.32. The highest BCUT2D eigenvalue weighted by molar-refractivity contribution is 5.94. The van der Waals surface area contributed by atoms with Crippen molar-refractivity contribution in [3.8, 4) is 0 Å². The summed E-state index contributed by atoms with van der Waals surface area (Å²) in [6.07, 6.45) is -0.157. The average Bonchev–Trinajstić information content (AvgIpc) is 2.59. The van der Waals surface area contributed by atoms with Gasteiger partial charge >= 0.3 is 5.97 Å². The lowest BCUT2D eigenvalue weighted by Gasteiger charge is -2.18. The number of hydrogen-bond acceptors (Lipinski definition) is 3. The molecule has 0 saturated carbocycles. The van der Waals surface area contributed by atoms with E-state index < -0.39 is 35.4 Å². The monoisotopic (exact) mass is 351 g/mol. The fourth-order valence-corrected chi connectivity index (χ4v) is 2.25. The zero-order valence-electron chi connectivity index (χ0n) is 13.4. The molecule has 1 amide bonds. The van der Waals surface area contributed by atoms with Crippen LogP contribution in [-0.4, -0.2) is 18.5 Å². The molecule has 0 aliphatic heterocycles. The molecule has 0 spiro atoms. The van der Waals surface area contributed by atoms with Gasteiger partial charge in [0.2, 0.25) is 0 Å². The van der Waals surface area contributed by atoms with E-state index in [-0.39, 0.29) is 18.6 Å². The van der Waals surface area contributed by atoms with Crippen molar-refractivity contribution >= 4 is 11.9 Å². The predicted molar refractivity (Wildman–Crippen MR) is 84.2 cm³/mol. The molecule has 7 heteroatoms. The highest BCUT2D eigenvalue weighted by atomic mass is 19.2. The summed E-state index contributed by atoms with van der Waals surface area (Å²) in [5, 5.41) is 2.52. The molecule has 0 aliphatic carbocycles. The van der Waals surface area contributed by atoms with Gasteiger partial charge in [0.05, 0.1) is 19.1 Å². The Hall–Kier alpha value is -2.83. The lowest BCUT2D eigenvalue weighted by molar-refractivity contribution is -0.143. The highest BCUT2D eigenvalue weighted by Gasteiger charge is 2.21. The summed E-state index contributed by atoms with van der Waals surface area (Å²) < 4.78 is 44.5. The lowest BCUT2D eigenvalue weighted by Crippen LogP contribution is -2.31. The third kappa shape index (κ3) is 4.82. The second-order valence-electron chi connectivity index (χ2n) is 5.20. The molecule has 2 aromatic carbocycles. The first-order valence-corrected chi connectivity index (χ1v) is 7.58. The van der Waals surface area contributed by atoms with E-state index >= 15 is 0 Å². The van der Waals surface area contributed by atoms with E-state index in [9.17, 15) is 22.8 Å². The van der Waals surface area contributed by atoms with Crippen LogP contribution in [0.4, 0.5) is 13.2 Å². The molecule has 0 saturated heterocycles. The van der Waals surface area contributed by atoms with E-state index in [1.807, 2.05) is 0 Å². The van der Waals surface area contributed by atoms with Crippen LogP contribution >= 0.6 is 0 Å². The minimum absolute atomic E-state index is 0.157. The van der Waals surface area contributed by atoms with Gasteiger partial charge in [-0.2, -0.15) is 0 Å². The Bertz CT molecular complexity index is 742. The SMILES string of the molecule is CCOC(=O)CC(NC(=O)c1cc(F)c(F)c(F)c1)c1ccccc1. The number of benzene rings is 2. The molecule has 0 aromatic heterocycles. The molecule has 0 bridgehead atoms. The third-order valence-electron chi connectivity index (χ3n) is 3.43. The largest absolute Gasteiger partial charge is 0.466 e. The van der Waals surface area contributed by atoms with Crippen LogP contribution in [0.1, 0.15) is 35.3 Å². The number of amides is 1. The van der Waals surface area contributed by atoms with Gasteiger partial charge in [-0.05, 0) is 24.6 Å². The Balaban J connectivity index is 2.23. The van der Waals surface area contributed by atoms with Gasteiger partial charge in [0.15, 0.2) is 17.5 Å². The molecular formula is C18H16F3NO3. The van der Waals surface area contributed by atoms with Crippen LogP contribution in [-0.2, 0) is 9.53 Å². The topological polar surface area (TPSA) is 55.4 Å². The van der Waals surface area contributed by atoms with E-state index in [0.717, 1.165) is 0 Å². The molecule has 2 rings (SSSR count). The zero-order valence-corrected chi connectivity index (χ0v) is 13.4. The van der Waals surface area contributed by atoms with Crippen LogP contribution < -0.4 is 5.32 Å². The summed E-state index contributed by atoms with van der Waals surface area (Å²) in [6.45, 7) is 1.83. The maximum Gasteiger partial charge on any atom is 0.308 e. The summed E-state index contributed by atoms with van der Waals surface area (Å²) in [4.78, 5) is 24.0. The molecule has 1 unspecified atom stereocenters. The molecule has 1 atom stereocenters. The number of esters is 1. The number of ether oxygens (including phenoxy) is 1. The van der Waals surface area contributed by atoms with Gasteiger partial charge in [-0.1, -0.05) is 30.3 Å². The van der Waals surface area contributed by atoms with Crippen molar-refractivity contribution < 1.29 is 27.5 Å². The van der Waals surface area contributed by atoms with Crippen LogP contribution in [0.3, 0.4) is 0 Å². The minimum atomic E-state index is -1.65. The van der Waals surface area contributed by atoms with Gasteiger partial charge in [-0.15, -0.1) is 0 Å². The quantitative estimate of drug-likeness (QED) is 0.640. The van der Waals surface area contributed by atoms with E-state index in [1.54, 1.807) is 37.3 Å². The Morgan fingerprint density at radius 2 is 1.68 bits per heavy atom.